The van der Waals surface area contributed by atoms with Gasteiger partial charge in [-0.05, 0) is 91.9 Å². The normalized spacial score (nSPS) is 50.0. The summed E-state index contributed by atoms with van der Waals surface area (Å²) in [6.45, 7) is 19.6. The van der Waals surface area contributed by atoms with Gasteiger partial charge < -0.3 is 28.8 Å². The lowest BCUT2D eigenvalue weighted by molar-refractivity contribution is -0.292. The minimum atomic E-state index is -0.510. The van der Waals surface area contributed by atoms with Crippen LogP contribution in [0.3, 0.4) is 0 Å². The van der Waals surface area contributed by atoms with Crippen LogP contribution in [0.2, 0.25) is 0 Å². The Hall–Kier alpha value is -1.25. The number of ether oxygens (including phenoxy) is 5. The molecule has 3 unspecified atom stereocenters. The Morgan fingerprint density at radius 1 is 1.07 bits per heavy atom. The molecule has 0 bridgehead atoms. The van der Waals surface area contributed by atoms with Crippen molar-refractivity contribution in [2.24, 2.45) is 52.8 Å². The molecule has 250 valence electrons. The Balaban J connectivity index is 1.43. The number of carbonyl (C=O) groups excluding carboxylic acids is 1. The van der Waals surface area contributed by atoms with Crippen molar-refractivity contribution >= 4 is 5.78 Å². The molecule has 7 nitrogen and oxygen atoms in total. The van der Waals surface area contributed by atoms with Crippen molar-refractivity contribution in [1.82, 2.24) is 0 Å². The van der Waals surface area contributed by atoms with E-state index in [1.807, 2.05) is 6.92 Å². The van der Waals surface area contributed by atoms with E-state index in [0.717, 1.165) is 49.9 Å². The van der Waals surface area contributed by atoms with E-state index < -0.39 is 6.10 Å². The van der Waals surface area contributed by atoms with E-state index in [2.05, 4.69) is 54.2 Å². The van der Waals surface area contributed by atoms with Crippen LogP contribution in [0.15, 0.2) is 24.0 Å². The van der Waals surface area contributed by atoms with Gasteiger partial charge in [0.1, 0.15) is 6.10 Å². The van der Waals surface area contributed by atoms with Crippen LogP contribution < -0.4 is 0 Å². The van der Waals surface area contributed by atoms with E-state index in [0.29, 0.717) is 12.3 Å². The summed E-state index contributed by atoms with van der Waals surface area (Å²) in [6, 6.07) is 0. The van der Waals surface area contributed by atoms with Crippen molar-refractivity contribution < 1.29 is 33.6 Å². The number of ketones is 1. The number of aliphatic hydroxyl groups excluding tert-OH is 1. The Morgan fingerprint density at radius 3 is 2.43 bits per heavy atom. The predicted molar refractivity (Wildman–Crippen MR) is 171 cm³/mol. The Bertz CT molecular complexity index is 1070. The van der Waals surface area contributed by atoms with Crippen molar-refractivity contribution in [2.75, 3.05) is 14.2 Å². The number of methoxy groups -OCH3 is 2. The van der Waals surface area contributed by atoms with Gasteiger partial charge in [0, 0.05) is 32.5 Å². The largest absolute Gasteiger partial charge is 0.495 e. The topological polar surface area (TPSA) is 83.5 Å². The molecular weight excluding hydrogens is 556 g/mol. The van der Waals surface area contributed by atoms with Gasteiger partial charge in [0.25, 0.3) is 0 Å². The van der Waals surface area contributed by atoms with Crippen LogP contribution in [0.25, 0.3) is 0 Å². The first-order valence-electron chi connectivity index (χ1n) is 17.5. The van der Waals surface area contributed by atoms with Gasteiger partial charge in [-0.25, -0.2) is 0 Å². The molecule has 2 saturated heterocycles. The minimum absolute atomic E-state index is 0.00193. The highest BCUT2D eigenvalue weighted by molar-refractivity contribution is 5.98. The third kappa shape index (κ3) is 5.98. The number of carbonyl (C=O) groups is 1. The molecule has 5 rings (SSSR count). The average molecular weight is 617 g/mol. The molecule has 16 atom stereocenters. The van der Waals surface area contributed by atoms with Crippen LogP contribution in [0.5, 0.6) is 0 Å². The van der Waals surface area contributed by atoms with E-state index in [4.69, 9.17) is 23.7 Å². The Kier molecular flexibility index (Phi) is 10.4. The second-order valence-corrected chi connectivity index (χ2v) is 15.4. The van der Waals surface area contributed by atoms with Gasteiger partial charge in [-0.2, -0.15) is 0 Å². The SMILES string of the molecule is C=C1C[C@@H]2C(=C[C@@H]3[C@H]2[C@H](O)[C@@H](C)[C@@H]2C[C@@H](O[C@@H]4OC(C)[C@H](OC)C(OC)C4C)C[C@@]32C)C(=O)[C@H](C)[C@@H](C)CCC[C@H](CC)O1. The zero-order valence-corrected chi connectivity index (χ0v) is 28.8. The maximum absolute atomic E-state index is 14.2. The third-order valence-corrected chi connectivity index (χ3v) is 12.9. The summed E-state index contributed by atoms with van der Waals surface area (Å²) in [6.07, 6.45) is 7.44. The van der Waals surface area contributed by atoms with Crippen molar-refractivity contribution in [1.29, 1.82) is 0 Å². The van der Waals surface area contributed by atoms with Crippen molar-refractivity contribution in [2.45, 2.75) is 136 Å². The minimum Gasteiger partial charge on any atom is -0.495 e. The van der Waals surface area contributed by atoms with Gasteiger partial charge in [0.05, 0.1) is 36.3 Å². The molecule has 0 aromatic heterocycles. The third-order valence-electron chi connectivity index (χ3n) is 12.9. The van der Waals surface area contributed by atoms with E-state index in [1.165, 1.54) is 0 Å². The van der Waals surface area contributed by atoms with Crippen LogP contribution in [-0.2, 0) is 28.5 Å². The van der Waals surface area contributed by atoms with Crippen LogP contribution in [0.4, 0.5) is 0 Å². The highest BCUT2D eigenvalue weighted by Crippen LogP contribution is 2.65. The summed E-state index contributed by atoms with van der Waals surface area (Å²) < 4.78 is 31.2. The summed E-state index contributed by atoms with van der Waals surface area (Å²) in [7, 11) is 3.43. The Morgan fingerprint density at radius 2 is 1.77 bits per heavy atom. The number of hydrogen-bond donors (Lipinski definition) is 1. The van der Waals surface area contributed by atoms with E-state index >= 15 is 0 Å². The second kappa shape index (κ2) is 13.5. The summed E-state index contributed by atoms with van der Waals surface area (Å²) in [5, 5.41) is 12.0. The summed E-state index contributed by atoms with van der Waals surface area (Å²) in [4.78, 5) is 14.2. The Labute approximate surface area is 266 Å². The average Bonchev–Trinajstić information content (AvgIpc) is 3.54. The molecule has 0 aromatic carbocycles. The van der Waals surface area contributed by atoms with Crippen LogP contribution >= 0.6 is 0 Å². The first-order valence-corrected chi connectivity index (χ1v) is 17.5. The van der Waals surface area contributed by atoms with Crippen molar-refractivity contribution in [3.63, 3.8) is 0 Å². The zero-order valence-electron chi connectivity index (χ0n) is 28.8. The van der Waals surface area contributed by atoms with Gasteiger partial charge >= 0.3 is 0 Å². The summed E-state index contributed by atoms with van der Waals surface area (Å²) in [5.74, 6) is 1.59. The fourth-order valence-corrected chi connectivity index (χ4v) is 10.1. The molecule has 0 radical (unpaired) electrons. The maximum atomic E-state index is 14.2. The molecule has 4 fully saturated rings. The fourth-order valence-electron chi connectivity index (χ4n) is 10.1. The number of allylic oxidation sites excluding steroid dienone is 3. The summed E-state index contributed by atoms with van der Waals surface area (Å²) >= 11 is 0. The molecule has 0 amide bonds. The zero-order chi connectivity index (χ0) is 32.1. The van der Waals surface area contributed by atoms with Crippen molar-refractivity contribution in [3.05, 3.63) is 24.0 Å². The lowest BCUT2D eigenvalue weighted by Crippen LogP contribution is -2.55. The van der Waals surface area contributed by atoms with Gasteiger partial charge in [-0.3, -0.25) is 4.79 Å². The highest BCUT2D eigenvalue weighted by Gasteiger charge is 2.63. The molecule has 2 heterocycles. The molecule has 2 aliphatic heterocycles. The monoisotopic (exact) mass is 616 g/mol. The molecule has 44 heavy (non-hydrogen) atoms. The van der Waals surface area contributed by atoms with Crippen molar-refractivity contribution in [3.8, 4) is 0 Å². The molecule has 5 aliphatic rings. The molecule has 1 N–H and O–H groups in total. The first kappa shape index (κ1) is 34.1. The van der Waals surface area contributed by atoms with E-state index in [9.17, 15) is 9.90 Å². The quantitative estimate of drug-likeness (QED) is 0.367. The molecule has 3 aliphatic carbocycles. The summed E-state index contributed by atoms with van der Waals surface area (Å²) in [5.41, 5.74) is 0.798. The highest BCUT2D eigenvalue weighted by atomic mass is 16.7. The molecular formula is C37H60O7. The first-order chi connectivity index (χ1) is 20.9. The van der Waals surface area contributed by atoms with Gasteiger partial charge in [-0.1, -0.05) is 54.2 Å². The number of Topliss-reactive ketones (excluding diaryl/α,β-unsaturated/α-hetero) is 1. The number of rotatable bonds is 5. The molecule has 2 saturated carbocycles. The molecule has 0 aromatic rings. The van der Waals surface area contributed by atoms with Gasteiger partial charge in [0.2, 0.25) is 0 Å². The number of fused-ring (bicyclic) bond motifs is 5. The maximum Gasteiger partial charge on any atom is 0.163 e. The number of hydrogen-bond acceptors (Lipinski definition) is 7. The lowest BCUT2D eigenvalue weighted by atomic mass is 9.53. The standard InChI is InChI=1S/C37H60O7/c1-11-25-14-12-13-19(2)21(4)32(38)28-17-30-31(27(28)15-20(3)42-25)33(39)22(5)29-16-26(18-37(29,30)8)44-36-23(6)34(40-9)35(41-10)24(7)43-36/h17,19,21-27,29-31,33-36,39H,3,11-16,18H2,1-2,4-10H3/t19-,21+,22-,23?,24?,25-,26+,27+,29-,30+,31-,33+,34?,35-,36-,37+/m0/s1. The van der Waals surface area contributed by atoms with Crippen LogP contribution in [0, 0.1) is 52.8 Å². The smallest absolute Gasteiger partial charge is 0.163 e. The van der Waals surface area contributed by atoms with Gasteiger partial charge in [-0.15, -0.1) is 0 Å². The molecule has 7 heteroatoms. The lowest BCUT2D eigenvalue weighted by Gasteiger charge is -2.52. The van der Waals surface area contributed by atoms with E-state index in [1.54, 1.807) is 14.2 Å². The van der Waals surface area contributed by atoms with Crippen LogP contribution in [0.1, 0.15) is 93.4 Å². The molecule has 0 spiro atoms. The van der Waals surface area contributed by atoms with E-state index in [-0.39, 0.29) is 89.4 Å². The van der Waals surface area contributed by atoms with Gasteiger partial charge in [0.15, 0.2) is 12.1 Å². The second-order valence-electron chi connectivity index (χ2n) is 15.4. The van der Waals surface area contributed by atoms with Crippen LogP contribution in [-0.4, -0.2) is 68.0 Å². The number of aliphatic hydroxyl groups is 1. The fraction of sp³-hybridized carbons (Fsp3) is 0.865. The predicted octanol–water partition coefficient (Wildman–Crippen LogP) is 6.72.